The SMILES string of the molecule is CC[C@H](C)[C@H](NC(=O)[C@H](Cc1ccc(O)cc1)NC(=O)[C@@H]1CCCN1C(=O)[C@H](CC(=O)O)NC(=O)[C@H](CCC(=O)O)NC(=O)[C@H](CC(C)C)NC(=O)[C@@H](NC(=O)[C@H](C)NC(=O)[C@@H](N)CCC(=O)O)C(C)C)C(=O)N[C@@H](CC(C)C)C(=O)N[C@@H](CC(C)C)C(=O)N[C@H](C(=O)N[C@@H](CO)C(=O)N[C@@H](CO)C(=O)N[C@@H](CCCCN)C(=O)O)C(C)C. The van der Waals surface area contributed by atoms with Crippen molar-refractivity contribution in [2.75, 3.05) is 26.3 Å². The van der Waals surface area contributed by atoms with Crippen LogP contribution in [0, 0.1) is 35.5 Å². The Morgan fingerprint density at radius 3 is 1.28 bits per heavy atom. The summed E-state index contributed by atoms with van der Waals surface area (Å²) in [5.41, 5.74) is 11.6. The maximum Gasteiger partial charge on any atom is 0.326 e. The van der Waals surface area contributed by atoms with Gasteiger partial charge in [0.25, 0.3) is 0 Å². The van der Waals surface area contributed by atoms with E-state index in [0.29, 0.717) is 18.4 Å². The van der Waals surface area contributed by atoms with Gasteiger partial charge in [-0.3, -0.25) is 81.5 Å². The van der Waals surface area contributed by atoms with Crippen LogP contribution in [0.2, 0.25) is 0 Å². The lowest BCUT2D eigenvalue weighted by atomic mass is 9.95. The monoisotopic (exact) mass is 1670 g/mol. The third-order valence-corrected chi connectivity index (χ3v) is 19.4. The summed E-state index contributed by atoms with van der Waals surface area (Å²) in [5, 5.41) is 101. The fourth-order valence-electron chi connectivity index (χ4n) is 12.5. The summed E-state index contributed by atoms with van der Waals surface area (Å²) in [6.07, 6.45) is -2.75. The lowest BCUT2D eigenvalue weighted by Crippen LogP contribution is -2.62. The quantitative estimate of drug-likeness (QED) is 0.0281. The second-order valence-corrected chi connectivity index (χ2v) is 31.6. The van der Waals surface area contributed by atoms with E-state index in [1.165, 1.54) is 45.0 Å². The number of carbonyl (C=O) groups is 18. The molecule has 24 N–H and O–H groups in total. The number of carboxylic acids is 4. The largest absolute Gasteiger partial charge is 0.508 e. The van der Waals surface area contributed by atoms with E-state index in [-0.39, 0.29) is 94.4 Å². The van der Waals surface area contributed by atoms with Crippen molar-refractivity contribution in [3.8, 4) is 5.75 Å². The number of unbranched alkanes of at least 4 members (excludes halogenated alkanes) is 1. The molecule has 2 rings (SSSR count). The molecule has 16 atom stereocenters. The number of amides is 14. The highest BCUT2D eigenvalue weighted by Gasteiger charge is 2.43. The molecule has 1 aliphatic rings. The van der Waals surface area contributed by atoms with E-state index in [2.05, 4.69) is 69.1 Å². The van der Waals surface area contributed by atoms with Crippen molar-refractivity contribution in [2.24, 2.45) is 47.0 Å². The minimum Gasteiger partial charge on any atom is -0.508 e. The van der Waals surface area contributed by atoms with Gasteiger partial charge in [-0.1, -0.05) is 102 Å². The molecule has 1 saturated heterocycles. The Balaban J connectivity index is 2.51. The second-order valence-electron chi connectivity index (χ2n) is 31.6. The fourth-order valence-corrected chi connectivity index (χ4v) is 12.5. The van der Waals surface area contributed by atoms with Gasteiger partial charge in [0.2, 0.25) is 82.7 Å². The Labute approximate surface area is 685 Å². The Kier molecular flexibility index (Phi) is 45.1. The lowest BCUT2D eigenvalue weighted by molar-refractivity contribution is -0.146. The van der Waals surface area contributed by atoms with E-state index in [0.717, 1.165) is 4.90 Å². The van der Waals surface area contributed by atoms with E-state index in [1.807, 2.05) is 0 Å². The van der Waals surface area contributed by atoms with Gasteiger partial charge in [0, 0.05) is 25.8 Å². The summed E-state index contributed by atoms with van der Waals surface area (Å²) >= 11 is 0. The Morgan fingerprint density at radius 1 is 0.432 bits per heavy atom. The number of benzene rings is 1. The second kappa shape index (κ2) is 51.5. The average Bonchev–Trinajstić information content (AvgIpc) is 1.58. The fraction of sp³-hybridized carbons (Fsp3) is 0.688. The van der Waals surface area contributed by atoms with Crippen molar-refractivity contribution in [1.29, 1.82) is 0 Å². The maximum atomic E-state index is 14.9. The van der Waals surface area contributed by atoms with Crippen LogP contribution in [-0.4, -0.2) is 264 Å². The first-order valence-corrected chi connectivity index (χ1v) is 39.8. The zero-order valence-corrected chi connectivity index (χ0v) is 69.4. The number of hydrogen-bond acceptors (Lipinski definition) is 23. The van der Waals surface area contributed by atoms with Crippen molar-refractivity contribution in [3.63, 3.8) is 0 Å². The minimum atomic E-state index is -2.01. The molecule has 1 aromatic rings. The van der Waals surface area contributed by atoms with Crippen molar-refractivity contribution in [2.45, 2.75) is 277 Å². The molecule has 0 saturated carbocycles. The molecule has 1 fully saturated rings. The summed E-state index contributed by atoms with van der Waals surface area (Å²) in [7, 11) is 0. The van der Waals surface area contributed by atoms with Crippen molar-refractivity contribution in [1.82, 2.24) is 74.0 Å². The van der Waals surface area contributed by atoms with Crippen molar-refractivity contribution < 1.29 is 122 Å². The number of nitrogens with one attached hydrogen (secondary N) is 13. The number of carboxylic acid groups (broad SMARTS) is 4. The number of phenolic OH excluding ortho intramolecular Hbond substituents is 1. The number of likely N-dealkylation sites (tertiary alicyclic amines) is 1. The molecule has 118 heavy (non-hydrogen) atoms. The Hall–Kier alpha value is -10.7. The minimum absolute atomic E-state index is 0.0201. The third kappa shape index (κ3) is 36.0. The van der Waals surface area contributed by atoms with E-state index in [9.17, 15) is 117 Å². The predicted molar refractivity (Wildman–Crippen MR) is 423 cm³/mol. The van der Waals surface area contributed by atoms with Crippen LogP contribution in [0.4, 0.5) is 0 Å². The van der Waals surface area contributed by atoms with Crippen LogP contribution in [-0.2, 0) is 92.7 Å². The number of aromatic hydroxyl groups is 1. The Bertz CT molecular complexity index is 3600. The lowest BCUT2D eigenvalue weighted by Gasteiger charge is -2.32. The highest BCUT2D eigenvalue weighted by Crippen LogP contribution is 2.23. The molecular formula is C77H126N16O25. The summed E-state index contributed by atoms with van der Waals surface area (Å²) < 4.78 is 0. The molecule has 0 radical (unpaired) electrons. The van der Waals surface area contributed by atoms with E-state index >= 15 is 0 Å². The van der Waals surface area contributed by atoms with Gasteiger partial charge in [-0.2, -0.15) is 0 Å². The topological polar surface area (TPSA) is 661 Å². The van der Waals surface area contributed by atoms with Crippen LogP contribution < -0.4 is 80.6 Å². The molecule has 1 heterocycles. The first kappa shape index (κ1) is 103. The van der Waals surface area contributed by atoms with Gasteiger partial charge >= 0.3 is 23.9 Å². The summed E-state index contributed by atoms with van der Waals surface area (Å²) in [5.74, 6) is -22.8. The predicted octanol–water partition coefficient (Wildman–Crippen LogP) is -3.53. The molecule has 41 heteroatoms. The first-order chi connectivity index (χ1) is 55.2. The standard InChI is InChI=1S/C77H126N16O25/c1-14-42(12)62(75(115)86-50(31-38(4)5)67(107)83-51(32-39(6)7)68(108)91-61(41(10)11)74(114)89-55(36-95)71(111)88-54(35-94)70(110)82-48(77(117)118)18-15-16-28-78)92-69(109)52(33-44-20-22-45(96)23-21-44)84-72(112)56-19-17-29-93(56)76(116)53(34-59(101)102)87-65(105)47(25-27-58(99)100)81-66(106)49(30-37(2)3)85-73(113)60(40(8)9)90-63(103)43(13)80-64(104)46(79)24-26-57(97)98/h20-23,37-43,46-56,60-62,94-96H,14-19,24-36,78-79H2,1-13H3,(H,80,104)(H,81,106)(H,82,110)(H,83,107)(H,84,112)(H,85,113)(H,86,115)(H,87,105)(H,88,111)(H,89,114)(H,90,103)(H,91,108)(H,92,109)(H,97,98)(H,99,100)(H,101,102)(H,117,118)/t42-,43-,46-,47-,48-,49-,50-,51-,52-,53-,54-,55-,56-,60-,61-,62-/m0/s1. The molecule has 664 valence electrons. The van der Waals surface area contributed by atoms with Crippen LogP contribution in [0.1, 0.15) is 185 Å². The number of carbonyl (C=O) groups excluding carboxylic acids is 14. The molecule has 0 spiro atoms. The molecule has 0 unspecified atom stereocenters. The van der Waals surface area contributed by atoms with Gasteiger partial charge in [-0.25, -0.2) is 4.79 Å². The van der Waals surface area contributed by atoms with Gasteiger partial charge < -0.3 is 121 Å². The molecule has 1 aromatic carbocycles. The third-order valence-electron chi connectivity index (χ3n) is 19.4. The van der Waals surface area contributed by atoms with Crippen molar-refractivity contribution in [3.05, 3.63) is 29.8 Å². The molecule has 0 aromatic heterocycles. The van der Waals surface area contributed by atoms with Crippen LogP contribution in [0.15, 0.2) is 24.3 Å². The van der Waals surface area contributed by atoms with Crippen LogP contribution >= 0.6 is 0 Å². The maximum absolute atomic E-state index is 14.9. The average molecular weight is 1680 g/mol. The van der Waals surface area contributed by atoms with Gasteiger partial charge in [0.15, 0.2) is 0 Å². The molecule has 0 bridgehead atoms. The number of aliphatic carboxylic acids is 4. The van der Waals surface area contributed by atoms with E-state index < -0.39 is 254 Å². The first-order valence-electron chi connectivity index (χ1n) is 39.8. The normalized spacial score (nSPS) is 16.5. The van der Waals surface area contributed by atoms with Gasteiger partial charge in [-0.05, 0) is 131 Å². The summed E-state index contributed by atoms with van der Waals surface area (Å²) in [4.78, 5) is 246. The number of aliphatic hydroxyl groups excluding tert-OH is 2. The molecule has 41 nitrogen and oxygen atoms in total. The summed E-state index contributed by atoms with van der Waals surface area (Å²) in [6.45, 7) is 19.1. The zero-order chi connectivity index (χ0) is 89.7. The number of rotatable bonds is 54. The van der Waals surface area contributed by atoms with Crippen molar-refractivity contribution >= 4 is 107 Å². The number of aliphatic hydroxyl groups is 2. The van der Waals surface area contributed by atoms with Crippen LogP contribution in [0.25, 0.3) is 0 Å². The Morgan fingerprint density at radius 2 is 0.831 bits per heavy atom. The van der Waals surface area contributed by atoms with E-state index in [4.69, 9.17) is 16.6 Å². The zero-order valence-electron chi connectivity index (χ0n) is 69.4. The molecule has 0 aliphatic carbocycles. The summed E-state index contributed by atoms with van der Waals surface area (Å²) in [6, 6.07) is -17.5. The van der Waals surface area contributed by atoms with Gasteiger partial charge in [-0.15, -0.1) is 0 Å². The number of phenols is 1. The number of nitrogens with two attached hydrogens (primary N) is 2. The van der Waals surface area contributed by atoms with E-state index in [1.54, 1.807) is 69.2 Å². The van der Waals surface area contributed by atoms with Crippen LogP contribution in [0.5, 0.6) is 5.75 Å². The molecule has 1 aliphatic heterocycles. The molecule has 14 amide bonds. The van der Waals surface area contributed by atoms with Gasteiger partial charge in [0.05, 0.1) is 25.7 Å². The molecular weight excluding hydrogens is 1550 g/mol. The smallest absolute Gasteiger partial charge is 0.326 e. The number of nitrogens with zero attached hydrogens (tertiary/aromatic N) is 1. The van der Waals surface area contributed by atoms with Crippen LogP contribution in [0.3, 0.4) is 0 Å². The number of hydrogen-bond donors (Lipinski definition) is 22. The van der Waals surface area contributed by atoms with Gasteiger partial charge in [0.1, 0.15) is 90.3 Å². The highest BCUT2D eigenvalue weighted by atomic mass is 16.4. The highest BCUT2D eigenvalue weighted by molar-refractivity contribution is 6.01.